The molecule has 2 N–H and O–H groups in total. The molecule has 2 nitrogen and oxygen atoms in total. The van der Waals surface area contributed by atoms with Crippen LogP contribution in [0.4, 0.5) is 18.9 Å². The summed E-state index contributed by atoms with van der Waals surface area (Å²) in [5.74, 6) is 0.620. The van der Waals surface area contributed by atoms with E-state index >= 15 is 0 Å². The van der Waals surface area contributed by atoms with E-state index in [0.29, 0.717) is 17.0 Å². The zero-order valence-electron chi connectivity index (χ0n) is 10.4. The summed E-state index contributed by atoms with van der Waals surface area (Å²) in [7, 11) is 0. The lowest BCUT2D eigenvalue weighted by Gasteiger charge is -2.09. The fraction of sp³-hybridized carbons (Fsp3) is 0.143. The maximum absolute atomic E-state index is 12.4. The normalized spacial score (nSPS) is 10.8. The van der Waals surface area contributed by atoms with Crippen molar-refractivity contribution < 1.29 is 17.9 Å². The van der Waals surface area contributed by atoms with Crippen LogP contribution in [0.15, 0.2) is 48.5 Å². The van der Waals surface area contributed by atoms with Gasteiger partial charge in [-0.1, -0.05) is 12.1 Å². The summed E-state index contributed by atoms with van der Waals surface area (Å²) in [6.07, 6.45) is -4.31. The summed E-state index contributed by atoms with van der Waals surface area (Å²) in [4.78, 5) is 0. The van der Waals surface area contributed by atoms with Crippen LogP contribution in [-0.2, 0) is 12.8 Å². The molecule has 0 atom stereocenters. The molecule has 20 heavy (non-hydrogen) atoms. The van der Waals surface area contributed by atoms with Crippen LogP contribution in [0.3, 0.4) is 0 Å². The molecule has 0 aromatic heterocycles. The van der Waals surface area contributed by atoms with E-state index in [1.165, 1.54) is 12.1 Å². The number of benzene rings is 2. The molecular weight excluding hydrogens is 291 g/mol. The molecule has 0 saturated carbocycles. The van der Waals surface area contributed by atoms with E-state index < -0.39 is 11.7 Å². The number of halogens is 4. The Kier molecular flexibility index (Phi) is 5.27. The number of ether oxygens (including phenoxy) is 1. The van der Waals surface area contributed by atoms with Crippen molar-refractivity contribution >= 4 is 18.1 Å². The summed E-state index contributed by atoms with van der Waals surface area (Å²) in [6, 6.07) is 11.7. The van der Waals surface area contributed by atoms with Crippen LogP contribution in [0.2, 0.25) is 0 Å². The summed E-state index contributed by atoms with van der Waals surface area (Å²) >= 11 is 0. The molecule has 0 unspecified atom stereocenters. The van der Waals surface area contributed by atoms with Gasteiger partial charge in [0.1, 0.15) is 12.4 Å². The highest BCUT2D eigenvalue weighted by Crippen LogP contribution is 2.29. The van der Waals surface area contributed by atoms with Crippen LogP contribution >= 0.6 is 12.4 Å². The first-order valence-electron chi connectivity index (χ1n) is 5.59. The van der Waals surface area contributed by atoms with Crippen LogP contribution in [0, 0.1) is 0 Å². The first kappa shape index (κ1) is 16.2. The Bertz CT molecular complexity index is 538. The molecular formula is C14H13ClF3NO. The van der Waals surface area contributed by atoms with Crippen LogP contribution in [-0.4, -0.2) is 0 Å². The van der Waals surface area contributed by atoms with Crippen LogP contribution in [0.5, 0.6) is 5.75 Å². The third-order valence-electron chi connectivity index (χ3n) is 2.57. The quantitative estimate of drug-likeness (QED) is 0.859. The van der Waals surface area contributed by atoms with Gasteiger partial charge in [0.25, 0.3) is 0 Å². The van der Waals surface area contributed by atoms with Gasteiger partial charge < -0.3 is 10.5 Å². The molecule has 0 saturated heterocycles. The Morgan fingerprint density at radius 3 is 1.95 bits per heavy atom. The first-order valence-corrected chi connectivity index (χ1v) is 5.59. The predicted molar refractivity (Wildman–Crippen MR) is 73.9 cm³/mol. The highest BCUT2D eigenvalue weighted by atomic mass is 35.5. The van der Waals surface area contributed by atoms with Crippen LogP contribution in [0.25, 0.3) is 0 Å². The first-order chi connectivity index (χ1) is 8.95. The lowest BCUT2D eigenvalue weighted by Crippen LogP contribution is -2.05. The molecule has 0 spiro atoms. The molecule has 2 aromatic rings. The summed E-state index contributed by atoms with van der Waals surface area (Å²) in [5.41, 5.74) is 6.16. The van der Waals surface area contributed by atoms with Crippen molar-refractivity contribution in [3.8, 4) is 5.75 Å². The van der Waals surface area contributed by atoms with Gasteiger partial charge in [-0.15, -0.1) is 12.4 Å². The van der Waals surface area contributed by atoms with Gasteiger partial charge in [0.15, 0.2) is 0 Å². The number of nitrogen functional groups attached to an aromatic ring is 1. The number of rotatable bonds is 3. The maximum Gasteiger partial charge on any atom is 0.416 e. The van der Waals surface area contributed by atoms with Gasteiger partial charge in [-0.3, -0.25) is 0 Å². The standard InChI is InChI=1S/C14H12F3NO.ClH/c15-14(16,17)11-3-1-10(2-4-11)9-19-13-7-5-12(18)6-8-13;/h1-8H,9,18H2;1H. The van der Waals surface area contributed by atoms with Gasteiger partial charge in [-0.05, 0) is 42.0 Å². The molecule has 2 rings (SSSR count). The predicted octanol–water partition coefficient (Wildman–Crippen LogP) is 4.29. The van der Waals surface area contributed by atoms with E-state index in [1.54, 1.807) is 24.3 Å². The fourth-order valence-corrected chi connectivity index (χ4v) is 1.52. The van der Waals surface area contributed by atoms with Gasteiger partial charge in [0, 0.05) is 5.69 Å². The monoisotopic (exact) mass is 303 g/mol. The van der Waals surface area contributed by atoms with Crippen molar-refractivity contribution in [2.24, 2.45) is 0 Å². The average molecular weight is 304 g/mol. The van der Waals surface area contributed by atoms with Crippen molar-refractivity contribution in [1.29, 1.82) is 0 Å². The van der Waals surface area contributed by atoms with E-state index in [1.807, 2.05) is 0 Å². The largest absolute Gasteiger partial charge is 0.489 e. The number of nitrogens with two attached hydrogens (primary N) is 1. The van der Waals surface area contributed by atoms with E-state index in [2.05, 4.69) is 0 Å². The lowest BCUT2D eigenvalue weighted by atomic mass is 10.1. The summed E-state index contributed by atoms with van der Waals surface area (Å²) in [6.45, 7) is 0.210. The minimum atomic E-state index is -4.31. The average Bonchev–Trinajstić information content (AvgIpc) is 2.37. The molecule has 0 aliphatic carbocycles. The van der Waals surface area contributed by atoms with E-state index in [-0.39, 0.29) is 19.0 Å². The van der Waals surface area contributed by atoms with Crippen molar-refractivity contribution in [3.05, 3.63) is 59.7 Å². The highest BCUT2D eigenvalue weighted by molar-refractivity contribution is 5.85. The van der Waals surface area contributed by atoms with Gasteiger partial charge in [-0.25, -0.2) is 0 Å². The zero-order chi connectivity index (χ0) is 13.9. The summed E-state index contributed by atoms with van der Waals surface area (Å²) < 4.78 is 42.5. The minimum absolute atomic E-state index is 0. The van der Waals surface area contributed by atoms with Crippen molar-refractivity contribution in [3.63, 3.8) is 0 Å². The van der Waals surface area contributed by atoms with E-state index in [0.717, 1.165) is 12.1 Å². The minimum Gasteiger partial charge on any atom is -0.489 e. The van der Waals surface area contributed by atoms with E-state index in [9.17, 15) is 13.2 Å². The number of anilines is 1. The third-order valence-corrected chi connectivity index (χ3v) is 2.57. The molecule has 2 aromatic carbocycles. The Morgan fingerprint density at radius 1 is 0.900 bits per heavy atom. The van der Waals surface area contributed by atoms with Gasteiger partial charge >= 0.3 is 6.18 Å². The highest BCUT2D eigenvalue weighted by Gasteiger charge is 2.29. The van der Waals surface area contributed by atoms with Gasteiger partial charge in [0.05, 0.1) is 5.56 Å². The Labute approximate surface area is 120 Å². The molecule has 0 fully saturated rings. The SMILES string of the molecule is Cl.Nc1ccc(OCc2ccc(C(F)(F)F)cc2)cc1. The fourth-order valence-electron chi connectivity index (χ4n) is 1.52. The molecule has 0 amide bonds. The van der Waals surface area contributed by atoms with Crippen molar-refractivity contribution in [1.82, 2.24) is 0 Å². The second-order valence-electron chi connectivity index (χ2n) is 4.05. The van der Waals surface area contributed by atoms with Crippen molar-refractivity contribution in [2.45, 2.75) is 12.8 Å². The third kappa shape index (κ3) is 4.35. The number of hydrogen-bond donors (Lipinski definition) is 1. The van der Waals surface area contributed by atoms with Gasteiger partial charge in [0.2, 0.25) is 0 Å². The second-order valence-corrected chi connectivity index (χ2v) is 4.05. The Hall–Kier alpha value is -1.88. The number of alkyl halides is 3. The molecule has 0 aliphatic heterocycles. The van der Waals surface area contributed by atoms with Crippen LogP contribution in [0.1, 0.15) is 11.1 Å². The maximum atomic E-state index is 12.4. The Balaban J connectivity index is 0.00000200. The number of hydrogen-bond acceptors (Lipinski definition) is 2. The lowest BCUT2D eigenvalue weighted by molar-refractivity contribution is -0.137. The molecule has 6 heteroatoms. The molecule has 0 radical (unpaired) electrons. The van der Waals surface area contributed by atoms with Crippen molar-refractivity contribution in [2.75, 3.05) is 5.73 Å². The molecule has 0 bridgehead atoms. The molecule has 108 valence electrons. The Morgan fingerprint density at radius 2 is 1.45 bits per heavy atom. The van der Waals surface area contributed by atoms with Gasteiger partial charge in [-0.2, -0.15) is 13.2 Å². The molecule has 0 heterocycles. The zero-order valence-corrected chi connectivity index (χ0v) is 11.2. The van der Waals surface area contributed by atoms with E-state index in [4.69, 9.17) is 10.5 Å². The van der Waals surface area contributed by atoms with Crippen LogP contribution < -0.4 is 10.5 Å². The topological polar surface area (TPSA) is 35.2 Å². The second kappa shape index (κ2) is 6.52. The molecule has 0 aliphatic rings. The smallest absolute Gasteiger partial charge is 0.416 e. The summed E-state index contributed by atoms with van der Waals surface area (Å²) in [5, 5.41) is 0.